The zero-order chi connectivity index (χ0) is 23.2. The van der Waals surface area contributed by atoms with Crippen LogP contribution in [0.5, 0.6) is 0 Å². The van der Waals surface area contributed by atoms with Crippen LogP contribution in [0.25, 0.3) is 0 Å². The first-order valence-electron chi connectivity index (χ1n) is 14.6. The van der Waals surface area contributed by atoms with Gasteiger partial charge in [0, 0.05) is 0 Å². The van der Waals surface area contributed by atoms with Gasteiger partial charge in [0.1, 0.15) is 0 Å². The minimum absolute atomic E-state index is 0.0540. The third-order valence-electron chi connectivity index (χ3n) is 13.9. The van der Waals surface area contributed by atoms with Gasteiger partial charge in [-0.25, -0.2) is 0 Å². The van der Waals surface area contributed by atoms with Crippen LogP contribution in [0, 0.1) is 75.4 Å². The Labute approximate surface area is 199 Å². The van der Waals surface area contributed by atoms with Gasteiger partial charge in [0.25, 0.3) is 0 Å². The van der Waals surface area contributed by atoms with Crippen LogP contribution in [-0.2, 0) is 0 Å². The highest BCUT2D eigenvalue weighted by Gasteiger charge is 2.65. The minimum Gasteiger partial charge on any atom is -0.393 e. The van der Waals surface area contributed by atoms with E-state index in [1.165, 1.54) is 51.4 Å². The van der Waals surface area contributed by atoms with Crippen LogP contribution in [-0.4, -0.2) is 11.2 Å². The van der Waals surface area contributed by atoms with E-state index in [1.54, 1.807) is 0 Å². The first-order chi connectivity index (χ1) is 15.0. The van der Waals surface area contributed by atoms with Crippen LogP contribution >= 0.6 is 0 Å². The van der Waals surface area contributed by atoms with E-state index in [0.717, 1.165) is 65.6 Å². The average molecular weight is 443 g/mol. The summed E-state index contributed by atoms with van der Waals surface area (Å²) < 4.78 is 0. The van der Waals surface area contributed by atoms with Crippen LogP contribution in [0.3, 0.4) is 0 Å². The van der Waals surface area contributed by atoms with Crippen molar-refractivity contribution in [1.29, 1.82) is 0 Å². The van der Waals surface area contributed by atoms with Gasteiger partial charge in [-0.05, 0) is 133 Å². The summed E-state index contributed by atoms with van der Waals surface area (Å²) in [6.45, 7) is 20.4. The molecule has 0 saturated heterocycles. The molecule has 0 aliphatic heterocycles. The minimum atomic E-state index is -0.0540. The van der Waals surface area contributed by atoms with Gasteiger partial charge < -0.3 is 5.11 Å². The lowest BCUT2D eigenvalue weighted by atomic mass is 9.42. The van der Waals surface area contributed by atoms with Crippen LogP contribution in [0.15, 0.2) is 0 Å². The molecule has 1 heteroatoms. The number of hydrogen-bond acceptors (Lipinski definition) is 1. The van der Waals surface area contributed by atoms with E-state index in [0.29, 0.717) is 10.8 Å². The molecule has 13 atom stereocenters. The Balaban J connectivity index is 1.36. The summed E-state index contributed by atoms with van der Waals surface area (Å²) in [6, 6.07) is 0. The number of aliphatic hydroxyl groups excluding tert-OH is 1. The van der Waals surface area contributed by atoms with Crippen molar-refractivity contribution >= 4 is 0 Å². The van der Waals surface area contributed by atoms with E-state index >= 15 is 0 Å². The van der Waals surface area contributed by atoms with Crippen molar-refractivity contribution in [2.45, 2.75) is 119 Å². The normalized spacial score (nSPS) is 56.8. The lowest BCUT2D eigenvalue weighted by molar-refractivity contribution is -0.178. The molecule has 5 aliphatic rings. The summed E-state index contributed by atoms with van der Waals surface area (Å²) in [5.41, 5.74) is 1.33. The molecule has 0 amide bonds. The van der Waals surface area contributed by atoms with E-state index in [4.69, 9.17) is 0 Å². The third-order valence-corrected chi connectivity index (χ3v) is 13.9. The predicted octanol–water partition coefficient (Wildman–Crippen LogP) is 8.21. The van der Waals surface area contributed by atoms with Gasteiger partial charge in [-0.1, -0.05) is 55.4 Å². The van der Waals surface area contributed by atoms with E-state index < -0.39 is 0 Å². The Bertz CT molecular complexity index is 713. The number of aliphatic hydroxyl groups is 1. The molecule has 3 unspecified atom stereocenters. The van der Waals surface area contributed by atoms with Gasteiger partial charge in [-0.15, -0.1) is 0 Å². The van der Waals surface area contributed by atoms with E-state index in [1.807, 2.05) is 0 Å². The van der Waals surface area contributed by atoms with Crippen molar-refractivity contribution < 1.29 is 5.11 Å². The molecule has 0 spiro atoms. The van der Waals surface area contributed by atoms with Crippen LogP contribution in [0.1, 0.15) is 113 Å². The van der Waals surface area contributed by atoms with E-state index in [9.17, 15) is 5.11 Å². The molecule has 5 rings (SSSR count). The maximum Gasteiger partial charge on any atom is 0.0599 e. The molecule has 0 aromatic rings. The molecule has 184 valence electrons. The smallest absolute Gasteiger partial charge is 0.0599 e. The Morgan fingerprint density at radius 3 is 2.12 bits per heavy atom. The van der Waals surface area contributed by atoms with Crippen molar-refractivity contribution in [3.63, 3.8) is 0 Å². The summed E-state index contributed by atoms with van der Waals surface area (Å²) >= 11 is 0. The molecular formula is C31H54O. The molecule has 5 fully saturated rings. The fourth-order valence-electron chi connectivity index (χ4n) is 11.4. The van der Waals surface area contributed by atoms with Gasteiger partial charge in [-0.3, -0.25) is 0 Å². The van der Waals surface area contributed by atoms with Crippen molar-refractivity contribution in [3.05, 3.63) is 0 Å². The fourth-order valence-corrected chi connectivity index (χ4v) is 11.4. The summed E-state index contributed by atoms with van der Waals surface area (Å²) in [7, 11) is 0. The van der Waals surface area contributed by atoms with Gasteiger partial charge in [0.15, 0.2) is 0 Å². The van der Waals surface area contributed by atoms with Gasteiger partial charge in [-0.2, -0.15) is 0 Å². The second kappa shape index (κ2) is 7.73. The Hall–Kier alpha value is -0.0400. The molecule has 5 aliphatic carbocycles. The fraction of sp³-hybridized carbons (Fsp3) is 1.00. The molecule has 1 nitrogen and oxygen atoms in total. The zero-order valence-electron chi connectivity index (χ0n) is 22.7. The monoisotopic (exact) mass is 442 g/mol. The maximum absolute atomic E-state index is 11.3. The largest absolute Gasteiger partial charge is 0.393 e. The Kier molecular flexibility index (Phi) is 5.72. The average Bonchev–Trinajstić information content (AvgIpc) is 3.31. The molecule has 0 aromatic heterocycles. The zero-order valence-corrected chi connectivity index (χ0v) is 22.7. The van der Waals surface area contributed by atoms with Crippen LogP contribution < -0.4 is 0 Å². The second-order valence-corrected chi connectivity index (χ2v) is 14.9. The predicted molar refractivity (Wildman–Crippen MR) is 135 cm³/mol. The number of fused-ring (bicyclic) bond motifs is 5. The maximum atomic E-state index is 11.3. The van der Waals surface area contributed by atoms with Crippen molar-refractivity contribution in [1.82, 2.24) is 0 Å². The summed E-state index contributed by atoms with van der Waals surface area (Å²) in [5.74, 6) is 8.57. The number of rotatable bonds is 4. The Morgan fingerprint density at radius 1 is 0.750 bits per heavy atom. The molecule has 5 saturated carbocycles. The quantitative estimate of drug-likeness (QED) is 0.465. The molecule has 1 N–H and O–H groups in total. The lowest BCUT2D eigenvalue weighted by Crippen LogP contribution is -2.59. The van der Waals surface area contributed by atoms with Crippen molar-refractivity contribution in [2.75, 3.05) is 0 Å². The van der Waals surface area contributed by atoms with Crippen LogP contribution in [0.2, 0.25) is 0 Å². The van der Waals surface area contributed by atoms with E-state index in [2.05, 4.69) is 55.4 Å². The highest BCUT2D eigenvalue weighted by molar-refractivity contribution is 5.14. The highest BCUT2D eigenvalue weighted by atomic mass is 16.3. The number of hydrogen-bond donors (Lipinski definition) is 1. The first-order valence-corrected chi connectivity index (χ1v) is 14.6. The Morgan fingerprint density at radius 2 is 1.44 bits per heavy atom. The lowest BCUT2D eigenvalue weighted by Gasteiger charge is -2.63. The molecule has 0 aromatic carbocycles. The first kappa shape index (κ1) is 23.7. The molecule has 0 radical (unpaired) electrons. The summed E-state index contributed by atoms with van der Waals surface area (Å²) in [5, 5.41) is 11.3. The summed E-state index contributed by atoms with van der Waals surface area (Å²) in [6.07, 6.45) is 12.3. The molecular weight excluding hydrogens is 388 g/mol. The van der Waals surface area contributed by atoms with E-state index in [-0.39, 0.29) is 11.5 Å². The molecule has 0 heterocycles. The van der Waals surface area contributed by atoms with Gasteiger partial charge in [0.2, 0.25) is 0 Å². The van der Waals surface area contributed by atoms with Gasteiger partial charge in [0.05, 0.1) is 6.10 Å². The van der Waals surface area contributed by atoms with Crippen molar-refractivity contribution in [3.8, 4) is 0 Å². The van der Waals surface area contributed by atoms with Gasteiger partial charge >= 0.3 is 0 Å². The summed E-state index contributed by atoms with van der Waals surface area (Å²) in [4.78, 5) is 0. The molecule has 0 bridgehead atoms. The van der Waals surface area contributed by atoms with Crippen molar-refractivity contribution in [2.24, 2.45) is 75.4 Å². The standard InChI is InChI=1S/C31H54O/c1-18(2)21(5)30(7)17-27(30)20(4)24-12-13-25-22-10-11-23-19(3)9-14-28(32)31(23,8)26(22)15-16-29(24,25)6/h18-28,32H,9-17H2,1-8H3/t19-,20+,21?,22+,23?,24-,25+,26+,27-,28?,29-,30-,31+/m1/s1. The SMILES string of the molecule is CC(C)C(C)[C@@]1(C)C[C@@H]1[C@@H](C)[C@H]1CC[C@H]2[C@@H]3CCC4[C@H](C)CCC(O)[C@]4(C)[C@H]3CC[C@]12C. The second-order valence-electron chi connectivity index (χ2n) is 14.9. The molecule has 32 heavy (non-hydrogen) atoms. The third kappa shape index (κ3) is 3.10. The van der Waals surface area contributed by atoms with Crippen LogP contribution in [0.4, 0.5) is 0 Å². The highest BCUT2D eigenvalue weighted by Crippen LogP contribution is 2.72. The topological polar surface area (TPSA) is 20.2 Å².